The van der Waals surface area contributed by atoms with Gasteiger partial charge in [-0.15, -0.1) is 5.10 Å². The van der Waals surface area contributed by atoms with Crippen LogP contribution in [0.2, 0.25) is 10.0 Å². The van der Waals surface area contributed by atoms with Crippen LogP contribution in [-0.4, -0.2) is 25.0 Å². The molecule has 0 fully saturated rings. The second-order valence-corrected chi connectivity index (χ2v) is 7.89. The van der Waals surface area contributed by atoms with Crippen molar-refractivity contribution in [2.24, 2.45) is 0 Å². The van der Waals surface area contributed by atoms with Crippen LogP contribution in [0.4, 0.5) is 0 Å². The molecule has 1 N–H and O–H groups in total. The van der Waals surface area contributed by atoms with Gasteiger partial charge in [-0.25, -0.2) is 9.67 Å². The van der Waals surface area contributed by atoms with E-state index < -0.39 is 0 Å². The maximum atomic E-state index is 6.07. The van der Waals surface area contributed by atoms with Crippen molar-refractivity contribution in [2.45, 2.75) is 13.2 Å². The molecule has 0 bridgehead atoms. The van der Waals surface area contributed by atoms with Gasteiger partial charge < -0.3 is 9.72 Å². The molecule has 8 heteroatoms. The van der Waals surface area contributed by atoms with Gasteiger partial charge in [0.1, 0.15) is 23.9 Å². The first-order valence-corrected chi connectivity index (χ1v) is 10.4. The van der Waals surface area contributed by atoms with Crippen LogP contribution in [0.1, 0.15) is 11.3 Å². The average molecular weight is 450 g/mol. The molecule has 0 spiro atoms. The third kappa shape index (κ3) is 4.40. The van der Waals surface area contributed by atoms with Crippen LogP contribution in [0.15, 0.2) is 72.9 Å². The zero-order valence-electron chi connectivity index (χ0n) is 16.3. The number of aromatic amines is 1. The van der Waals surface area contributed by atoms with Crippen LogP contribution in [0.5, 0.6) is 5.75 Å². The molecule has 0 saturated carbocycles. The maximum Gasteiger partial charge on any atom is 0.138 e. The fourth-order valence-electron chi connectivity index (χ4n) is 3.26. The van der Waals surface area contributed by atoms with Gasteiger partial charge in [-0.2, -0.15) is 0 Å². The summed E-state index contributed by atoms with van der Waals surface area (Å²) in [6.45, 7) is 0.876. The van der Waals surface area contributed by atoms with Crippen molar-refractivity contribution in [3.8, 4) is 17.1 Å². The molecule has 0 unspecified atom stereocenters. The summed E-state index contributed by atoms with van der Waals surface area (Å²) in [5, 5.41) is 9.37. The molecule has 0 aliphatic carbocycles. The van der Waals surface area contributed by atoms with Gasteiger partial charge in [-0.3, -0.25) is 0 Å². The van der Waals surface area contributed by atoms with Crippen LogP contribution in [0.3, 0.4) is 0 Å². The number of H-pyrrole nitrogens is 1. The Morgan fingerprint density at radius 1 is 0.935 bits per heavy atom. The highest BCUT2D eigenvalue weighted by Crippen LogP contribution is 2.24. The third-order valence-corrected chi connectivity index (χ3v) is 5.56. The Morgan fingerprint density at radius 2 is 1.77 bits per heavy atom. The number of halogens is 2. The summed E-state index contributed by atoms with van der Waals surface area (Å²) in [4.78, 5) is 7.95. The van der Waals surface area contributed by atoms with E-state index in [1.165, 1.54) is 0 Å². The van der Waals surface area contributed by atoms with E-state index in [4.69, 9.17) is 27.9 Å². The van der Waals surface area contributed by atoms with E-state index in [1.807, 2.05) is 66.9 Å². The lowest BCUT2D eigenvalue weighted by Crippen LogP contribution is -2.00. The topological polar surface area (TPSA) is 68.6 Å². The summed E-state index contributed by atoms with van der Waals surface area (Å²) in [7, 11) is 0. The summed E-state index contributed by atoms with van der Waals surface area (Å²) >= 11 is 12.0. The van der Waals surface area contributed by atoms with Gasteiger partial charge in [0, 0.05) is 5.56 Å². The molecule has 6 nitrogen and oxygen atoms in total. The lowest BCUT2D eigenvalue weighted by molar-refractivity contribution is 0.301. The average Bonchev–Trinajstić information content (AvgIpc) is 3.42. The van der Waals surface area contributed by atoms with Gasteiger partial charge in [0.05, 0.1) is 33.8 Å². The van der Waals surface area contributed by atoms with Gasteiger partial charge in [-0.1, -0.05) is 46.6 Å². The Labute approximate surface area is 188 Å². The van der Waals surface area contributed by atoms with Crippen molar-refractivity contribution in [3.63, 3.8) is 0 Å². The molecule has 2 aromatic heterocycles. The summed E-state index contributed by atoms with van der Waals surface area (Å²) < 4.78 is 7.59. The van der Waals surface area contributed by atoms with Gasteiger partial charge in [-0.05, 0) is 54.1 Å². The molecule has 5 rings (SSSR count). The highest BCUT2D eigenvalue weighted by Gasteiger charge is 2.07. The zero-order chi connectivity index (χ0) is 21.2. The third-order valence-electron chi connectivity index (χ3n) is 4.82. The predicted octanol–water partition coefficient (Wildman–Crippen LogP) is 5.76. The maximum absolute atomic E-state index is 6.07. The number of hydrogen-bond donors (Lipinski definition) is 1. The molecule has 0 radical (unpaired) electrons. The second-order valence-electron chi connectivity index (χ2n) is 7.07. The number of benzene rings is 3. The number of imidazole rings is 1. The molecule has 0 atom stereocenters. The first-order chi connectivity index (χ1) is 15.1. The summed E-state index contributed by atoms with van der Waals surface area (Å²) in [5.74, 6) is 1.58. The molecular formula is C23H17Cl2N5O. The van der Waals surface area contributed by atoms with Gasteiger partial charge in [0.15, 0.2) is 0 Å². The molecule has 0 amide bonds. The number of fused-ring (bicyclic) bond motifs is 1. The highest BCUT2D eigenvalue weighted by molar-refractivity contribution is 6.42. The molecule has 0 aliphatic rings. The van der Waals surface area contributed by atoms with Crippen molar-refractivity contribution in [1.29, 1.82) is 0 Å². The van der Waals surface area contributed by atoms with E-state index in [0.717, 1.165) is 39.4 Å². The summed E-state index contributed by atoms with van der Waals surface area (Å²) in [6, 6.07) is 21.3. The van der Waals surface area contributed by atoms with Crippen molar-refractivity contribution in [3.05, 3.63) is 94.2 Å². The number of rotatable bonds is 6. The minimum atomic E-state index is 0.325. The van der Waals surface area contributed by atoms with Crippen molar-refractivity contribution < 1.29 is 4.74 Å². The van der Waals surface area contributed by atoms with Crippen LogP contribution in [-0.2, 0) is 13.2 Å². The second kappa shape index (κ2) is 8.41. The largest absolute Gasteiger partial charge is 0.487 e. The number of nitrogens with one attached hydrogen (secondary N) is 1. The van der Waals surface area contributed by atoms with Crippen LogP contribution >= 0.6 is 23.2 Å². The predicted molar refractivity (Wildman–Crippen MR) is 121 cm³/mol. The highest BCUT2D eigenvalue weighted by atomic mass is 35.5. The first-order valence-electron chi connectivity index (χ1n) is 9.65. The van der Waals surface area contributed by atoms with Crippen LogP contribution in [0, 0.1) is 0 Å². The number of ether oxygens (including phenoxy) is 1. The fourth-order valence-corrected chi connectivity index (χ4v) is 3.58. The molecule has 0 aliphatic heterocycles. The van der Waals surface area contributed by atoms with E-state index in [2.05, 4.69) is 20.3 Å². The molecular weight excluding hydrogens is 433 g/mol. The van der Waals surface area contributed by atoms with Gasteiger partial charge in [0.2, 0.25) is 0 Å². The minimum Gasteiger partial charge on any atom is -0.487 e. The Hall–Kier alpha value is -3.35. The monoisotopic (exact) mass is 449 g/mol. The fraction of sp³-hybridized carbons (Fsp3) is 0.0870. The molecule has 3 aromatic carbocycles. The summed E-state index contributed by atoms with van der Waals surface area (Å²) in [6.07, 6.45) is 1.85. The lowest BCUT2D eigenvalue weighted by Gasteiger charge is -2.05. The van der Waals surface area contributed by atoms with Crippen molar-refractivity contribution in [1.82, 2.24) is 25.0 Å². The number of nitrogens with zero attached hydrogens (tertiary/aromatic N) is 4. The molecule has 5 aromatic rings. The quantitative estimate of drug-likeness (QED) is 0.357. The lowest BCUT2D eigenvalue weighted by atomic mass is 10.2. The SMILES string of the molecule is Clc1ccc(Cn2cc(COc3ccc(-c4nc5ccccc5[nH]4)cc3)nn2)cc1Cl. The Balaban J connectivity index is 1.21. The molecule has 2 heterocycles. The van der Waals surface area contributed by atoms with Crippen molar-refractivity contribution >= 4 is 34.2 Å². The Bertz CT molecular complexity index is 1310. The van der Waals surface area contributed by atoms with E-state index in [9.17, 15) is 0 Å². The number of hydrogen-bond acceptors (Lipinski definition) is 4. The van der Waals surface area contributed by atoms with E-state index >= 15 is 0 Å². The van der Waals surface area contributed by atoms with E-state index in [1.54, 1.807) is 10.7 Å². The first kappa shape index (κ1) is 19.6. The van der Waals surface area contributed by atoms with E-state index in [-0.39, 0.29) is 0 Å². The Kier molecular flexibility index (Phi) is 5.32. The Morgan fingerprint density at radius 3 is 2.58 bits per heavy atom. The molecule has 0 saturated heterocycles. The van der Waals surface area contributed by atoms with Gasteiger partial charge in [0.25, 0.3) is 0 Å². The van der Waals surface area contributed by atoms with E-state index in [0.29, 0.717) is 23.2 Å². The standard InChI is InChI=1S/C23H17Cl2N5O/c24-19-10-5-15(11-20(19)25)12-30-13-17(28-29-30)14-31-18-8-6-16(7-9-18)23-26-21-3-1-2-4-22(21)27-23/h1-11,13H,12,14H2,(H,26,27). The zero-order valence-corrected chi connectivity index (χ0v) is 17.8. The van der Waals surface area contributed by atoms with Crippen LogP contribution < -0.4 is 4.74 Å². The normalized spacial score (nSPS) is 11.2. The van der Waals surface area contributed by atoms with Gasteiger partial charge >= 0.3 is 0 Å². The molecule has 154 valence electrons. The van der Waals surface area contributed by atoms with Crippen molar-refractivity contribution in [2.75, 3.05) is 0 Å². The summed E-state index contributed by atoms with van der Waals surface area (Å²) in [5.41, 5.74) is 4.69. The number of para-hydroxylation sites is 2. The van der Waals surface area contributed by atoms with Crippen LogP contribution in [0.25, 0.3) is 22.4 Å². The minimum absolute atomic E-state index is 0.325. The number of aromatic nitrogens is 5. The smallest absolute Gasteiger partial charge is 0.138 e. The molecule has 31 heavy (non-hydrogen) atoms.